The third kappa shape index (κ3) is 7.00. The van der Waals surface area contributed by atoms with E-state index >= 15 is 0 Å². The third-order valence-electron chi connectivity index (χ3n) is 6.42. The molecule has 2 aliphatic heterocycles. The number of rotatable bonds is 6. The van der Waals surface area contributed by atoms with Gasteiger partial charge in [0.15, 0.2) is 5.82 Å². The van der Waals surface area contributed by atoms with Crippen LogP contribution < -0.4 is 10.2 Å². The molecule has 180 valence electrons. The van der Waals surface area contributed by atoms with E-state index < -0.39 is 0 Å². The first-order valence-electron chi connectivity index (χ1n) is 12.6. The molecule has 2 saturated heterocycles. The van der Waals surface area contributed by atoms with Gasteiger partial charge in [-0.3, -0.25) is 4.79 Å². The Morgan fingerprint density at radius 3 is 2.24 bits per heavy atom. The fourth-order valence-corrected chi connectivity index (χ4v) is 4.65. The molecule has 1 aromatic carbocycles. The van der Waals surface area contributed by atoms with E-state index in [1.807, 2.05) is 37.3 Å². The number of methoxy groups -OCH3 is 1. The Morgan fingerprint density at radius 2 is 1.70 bits per heavy atom. The van der Waals surface area contributed by atoms with Crippen LogP contribution in [0, 0.1) is 6.92 Å². The minimum absolute atomic E-state index is 0.200. The normalized spacial score (nSPS) is 17.0. The zero-order valence-corrected chi connectivity index (χ0v) is 20.6. The number of hydrogen-bond acceptors (Lipinski definition) is 6. The quantitative estimate of drug-likeness (QED) is 0.603. The van der Waals surface area contributed by atoms with Crippen molar-refractivity contribution < 1.29 is 9.53 Å². The number of nitrogens with one attached hydrogen (secondary N) is 1. The highest BCUT2D eigenvalue weighted by atomic mass is 16.5. The largest absolute Gasteiger partial charge is 0.469 e. The summed E-state index contributed by atoms with van der Waals surface area (Å²) in [6.45, 7) is 8.52. The van der Waals surface area contributed by atoms with Crippen molar-refractivity contribution in [3.63, 3.8) is 0 Å². The molecule has 6 heteroatoms. The van der Waals surface area contributed by atoms with Gasteiger partial charge in [-0.05, 0) is 58.5 Å². The summed E-state index contributed by atoms with van der Waals surface area (Å²) < 4.78 is 5.12. The Bertz CT molecular complexity index is 850. The van der Waals surface area contributed by atoms with Crippen LogP contribution in [-0.4, -0.2) is 49.2 Å². The fourth-order valence-electron chi connectivity index (χ4n) is 4.65. The summed E-state index contributed by atoms with van der Waals surface area (Å²) in [5.74, 6) is 1.11. The van der Waals surface area contributed by atoms with E-state index in [1.54, 1.807) is 0 Å². The summed E-state index contributed by atoms with van der Waals surface area (Å²) >= 11 is 0. The highest BCUT2D eigenvalue weighted by Crippen LogP contribution is 2.35. The molecule has 2 aromatic rings. The zero-order chi connectivity index (χ0) is 23.5. The first kappa shape index (κ1) is 25.2. The Morgan fingerprint density at radius 1 is 1.03 bits per heavy atom. The lowest BCUT2D eigenvalue weighted by Crippen LogP contribution is -2.33. The van der Waals surface area contributed by atoms with Crippen molar-refractivity contribution in [2.24, 2.45) is 0 Å². The lowest BCUT2D eigenvalue weighted by Gasteiger charge is -2.32. The number of hydrogen-bond donors (Lipinski definition) is 1. The van der Waals surface area contributed by atoms with E-state index in [-0.39, 0.29) is 11.9 Å². The number of aryl methyl sites for hydroxylation is 1. The van der Waals surface area contributed by atoms with Crippen molar-refractivity contribution >= 4 is 11.8 Å². The maximum atomic E-state index is 12.5. The Kier molecular flexibility index (Phi) is 10.1. The van der Waals surface area contributed by atoms with E-state index in [9.17, 15) is 4.79 Å². The van der Waals surface area contributed by atoms with Crippen molar-refractivity contribution in [1.29, 1.82) is 0 Å². The number of nitrogens with zero attached hydrogens (tertiary/aromatic N) is 3. The minimum atomic E-state index is -0.318. The molecule has 0 aliphatic carbocycles. The molecule has 0 saturated carbocycles. The summed E-state index contributed by atoms with van der Waals surface area (Å²) in [5, 5.41) is 3.28. The molecular weight excluding hydrogens is 412 g/mol. The van der Waals surface area contributed by atoms with Crippen LogP contribution in [0.15, 0.2) is 30.3 Å². The van der Waals surface area contributed by atoms with Crippen LogP contribution in [0.4, 0.5) is 5.82 Å². The second kappa shape index (κ2) is 13.3. The van der Waals surface area contributed by atoms with Crippen LogP contribution in [0.5, 0.6) is 0 Å². The van der Waals surface area contributed by atoms with Crippen molar-refractivity contribution in [2.45, 2.75) is 71.1 Å². The van der Waals surface area contributed by atoms with E-state index in [4.69, 9.17) is 14.7 Å². The lowest BCUT2D eigenvalue weighted by atomic mass is 9.92. The summed E-state index contributed by atoms with van der Waals surface area (Å²) in [4.78, 5) is 24.6. The van der Waals surface area contributed by atoms with Crippen LogP contribution >= 0.6 is 0 Å². The average Bonchev–Trinajstić information content (AvgIpc) is 2.89. The highest BCUT2D eigenvalue weighted by Gasteiger charge is 2.30. The monoisotopic (exact) mass is 452 g/mol. The Labute approximate surface area is 199 Å². The molecule has 1 atom stereocenters. The van der Waals surface area contributed by atoms with Crippen molar-refractivity contribution in [1.82, 2.24) is 15.3 Å². The van der Waals surface area contributed by atoms with Gasteiger partial charge in [-0.1, -0.05) is 50.1 Å². The number of piperidine rings is 2. The lowest BCUT2D eigenvalue weighted by molar-refractivity contribution is -0.142. The highest BCUT2D eigenvalue weighted by molar-refractivity contribution is 5.81. The summed E-state index contributed by atoms with van der Waals surface area (Å²) in [6.07, 6.45) is 9.41. The van der Waals surface area contributed by atoms with Crippen molar-refractivity contribution in [2.75, 3.05) is 38.2 Å². The minimum Gasteiger partial charge on any atom is -0.469 e. The summed E-state index contributed by atoms with van der Waals surface area (Å²) in [5.41, 5.74) is 2.80. The Hall–Kier alpha value is -2.47. The molecule has 0 amide bonds. The third-order valence-corrected chi connectivity index (χ3v) is 6.42. The number of anilines is 1. The number of esters is 1. The zero-order valence-electron chi connectivity index (χ0n) is 20.6. The van der Waals surface area contributed by atoms with Gasteiger partial charge in [-0.25, -0.2) is 9.97 Å². The van der Waals surface area contributed by atoms with Gasteiger partial charge in [0.1, 0.15) is 5.82 Å². The Balaban J connectivity index is 0.000000442. The summed E-state index contributed by atoms with van der Waals surface area (Å²) in [6, 6.07) is 10.0. The molecule has 0 spiro atoms. The molecule has 1 unspecified atom stereocenters. The van der Waals surface area contributed by atoms with Gasteiger partial charge in [0.2, 0.25) is 0 Å². The van der Waals surface area contributed by atoms with Gasteiger partial charge in [-0.15, -0.1) is 0 Å². The second-order valence-corrected chi connectivity index (χ2v) is 8.96. The molecule has 2 aliphatic rings. The summed E-state index contributed by atoms with van der Waals surface area (Å²) in [7, 11) is 1.46. The number of aromatic nitrogens is 2. The van der Waals surface area contributed by atoms with Crippen LogP contribution in [0.25, 0.3) is 11.4 Å². The van der Waals surface area contributed by atoms with E-state index in [2.05, 4.69) is 17.1 Å². The molecule has 33 heavy (non-hydrogen) atoms. The van der Waals surface area contributed by atoms with Crippen LogP contribution in [-0.2, 0) is 9.53 Å². The molecule has 0 radical (unpaired) electrons. The number of ether oxygens (including phenoxy) is 1. The molecular formula is C27H40N4O2. The van der Waals surface area contributed by atoms with Gasteiger partial charge >= 0.3 is 5.97 Å². The maximum absolute atomic E-state index is 12.5. The van der Waals surface area contributed by atoms with E-state index in [0.717, 1.165) is 67.2 Å². The van der Waals surface area contributed by atoms with Gasteiger partial charge in [0, 0.05) is 29.9 Å². The smallest absolute Gasteiger partial charge is 0.313 e. The van der Waals surface area contributed by atoms with Gasteiger partial charge in [-0.2, -0.15) is 0 Å². The molecule has 1 N–H and O–H groups in total. The molecule has 1 aromatic heterocycles. The van der Waals surface area contributed by atoms with E-state index in [1.165, 1.54) is 45.9 Å². The number of carbonyl (C=O) groups is 1. The van der Waals surface area contributed by atoms with Gasteiger partial charge in [0.25, 0.3) is 0 Å². The van der Waals surface area contributed by atoms with Crippen LogP contribution in [0.3, 0.4) is 0 Å². The molecule has 0 bridgehead atoms. The predicted molar refractivity (Wildman–Crippen MR) is 135 cm³/mol. The first-order valence-corrected chi connectivity index (χ1v) is 12.6. The second-order valence-electron chi connectivity index (χ2n) is 8.96. The van der Waals surface area contributed by atoms with Crippen LogP contribution in [0.2, 0.25) is 0 Å². The van der Waals surface area contributed by atoms with Crippen molar-refractivity contribution in [3.05, 3.63) is 41.6 Å². The SMILES string of the molecule is C1CCNCC1.CCCC(C(=O)OC)c1c(C)nc(-c2ccccc2)nc1N1CCCCC1. The topological polar surface area (TPSA) is 67.3 Å². The standard InChI is InChI=1S/C22H29N3O2.C5H11N/c1-4-11-18(22(26)27-3)19-16(2)23-20(17-12-7-5-8-13-17)24-21(19)25-14-9-6-10-15-25;1-2-4-6-5-3-1/h5,7-8,12-13,18H,4,6,9-11,14-15H2,1-3H3;6H,1-5H2. The van der Waals surface area contributed by atoms with E-state index in [0.29, 0.717) is 0 Å². The number of benzene rings is 1. The molecule has 4 rings (SSSR count). The molecule has 6 nitrogen and oxygen atoms in total. The van der Waals surface area contributed by atoms with Crippen LogP contribution in [0.1, 0.15) is 75.5 Å². The average molecular weight is 453 g/mol. The molecule has 2 fully saturated rings. The van der Waals surface area contributed by atoms with Crippen molar-refractivity contribution in [3.8, 4) is 11.4 Å². The fraction of sp³-hybridized carbons (Fsp3) is 0.593. The van der Waals surface area contributed by atoms with Gasteiger partial charge < -0.3 is 15.0 Å². The predicted octanol–water partition coefficient (Wildman–Crippen LogP) is 5.26. The van der Waals surface area contributed by atoms with Gasteiger partial charge in [0.05, 0.1) is 13.0 Å². The number of carbonyl (C=O) groups excluding carboxylic acids is 1. The molecule has 3 heterocycles. The maximum Gasteiger partial charge on any atom is 0.313 e. The first-order chi connectivity index (χ1) is 16.2.